The Kier molecular flexibility index (Phi) is 7.83. The van der Waals surface area contributed by atoms with Crippen molar-refractivity contribution in [3.05, 3.63) is 94.6 Å². The Bertz CT molecular complexity index is 1090. The van der Waals surface area contributed by atoms with Gasteiger partial charge in [-0.05, 0) is 59.7 Å². The van der Waals surface area contributed by atoms with E-state index in [-0.39, 0.29) is 36.4 Å². The minimum absolute atomic E-state index is 0.139. The lowest BCUT2D eigenvalue weighted by atomic mass is 10.1. The molecule has 3 rings (SSSR count). The van der Waals surface area contributed by atoms with Crippen LogP contribution in [0, 0.1) is 11.6 Å². The number of carbonyl (C=O) groups excluding carboxylic acids is 2. The minimum atomic E-state index is -0.495. The standard InChI is InChI=1S/C26H26F2N2O4/c1-29(15-17-5-11-23(33-3)21(27)13-17)25(31)19-7-9-20(10-8-19)26(32)30(2)16-18-6-12-24(34-4)22(28)14-18/h5-14H,15-16H2,1-4H3. The van der Waals surface area contributed by atoms with E-state index in [0.717, 1.165) is 0 Å². The lowest BCUT2D eigenvalue weighted by molar-refractivity contribution is 0.0773. The molecule has 178 valence electrons. The molecule has 0 unspecified atom stereocenters. The van der Waals surface area contributed by atoms with Crippen LogP contribution in [0.3, 0.4) is 0 Å². The van der Waals surface area contributed by atoms with Crippen LogP contribution in [-0.2, 0) is 13.1 Å². The van der Waals surface area contributed by atoms with Crippen LogP contribution in [0.2, 0.25) is 0 Å². The number of ether oxygens (including phenoxy) is 2. The number of benzene rings is 3. The Hall–Kier alpha value is -3.94. The SMILES string of the molecule is COc1ccc(CN(C)C(=O)c2ccc(C(=O)N(C)Cc3ccc(OC)c(F)c3)cc2)cc1F. The van der Waals surface area contributed by atoms with Gasteiger partial charge in [0.15, 0.2) is 23.1 Å². The summed E-state index contributed by atoms with van der Waals surface area (Å²) in [5, 5.41) is 0. The zero-order chi connectivity index (χ0) is 24.8. The molecule has 0 heterocycles. The van der Waals surface area contributed by atoms with Crippen LogP contribution in [0.5, 0.6) is 11.5 Å². The number of halogens is 2. The predicted octanol–water partition coefficient (Wildman–Crippen LogP) is 4.53. The van der Waals surface area contributed by atoms with Gasteiger partial charge in [-0.25, -0.2) is 8.78 Å². The summed E-state index contributed by atoms with van der Waals surface area (Å²) in [6, 6.07) is 15.4. The molecule has 0 radical (unpaired) electrons. The zero-order valence-corrected chi connectivity index (χ0v) is 19.5. The Labute approximate surface area is 197 Å². The molecule has 0 bridgehead atoms. The second-order valence-corrected chi connectivity index (χ2v) is 7.84. The van der Waals surface area contributed by atoms with E-state index in [1.807, 2.05) is 0 Å². The van der Waals surface area contributed by atoms with Crippen molar-refractivity contribution in [2.75, 3.05) is 28.3 Å². The molecule has 0 spiro atoms. The van der Waals surface area contributed by atoms with E-state index in [4.69, 9.17) is 9.47 Å². The minimum Gasteiger partial charge on any atom is -0.494 e. The summed E-state index contributed by atoms with van der Waals surface area (Å²) >= 11 is 0. The number of carbonyl (C=O) groups is 2. The maximum absolute atomic E-state index is 13.9. The van der Waals surface area contributed by atoms with Crippen molar-refractivity contribution in [2.45, 2.75) is 13.1 Å². The molecular formula is C26H26F2N2O4. The van der Waals surface area contributed by atoms with Crippen LogP contribution in [0.15, 0.2) is 60.7 Å². The van der Waals surface area contributed by atoms with Crippen LogP contribution in [-0.4, -0.2) is 49.9 Å². The van der Waals surface area contributed by atoms with Gasteiger partial charge in [0.1, 0.15) is 0 Å². The van der Waals surface area contributed by atoms with E-state index in [2.05, 4.69) is 0 Å². The molecular weight excluding hydrogens is 442 g/mol. The Balaban J connectivity index is 1.63. The van der Waals surface area contributed by atoms with Crippen LogP contribution < -0.4 is 9.47 Å². The summed E-state index contributed by atoms with van der Waals surface area (Å²) in [5.74, 6) is -1.25. The highest BCUT2D eigenvalue weighted by Gasteiger charge is 2.17. The van der Waals surface area contributed by atoms with Gasteiger partial charge in [-0.15, -0.1) is 0 Å². The van der Waals surface area contributed by atoms with Crippen molar-refractivity contribution in [1.29, 1.82) is 0 Å². The summed E-state index contributed by atoms with van der Waals surface area (Å²) < 4.78 is 37.6. The van der Waals surface area contributed by atoms with Gasteiger partial charge < -0.3 is 19.3 Å². The van der Waals surface area contributed by atoms with E-state index >= 15 is 0 Å². The molecule has 0 aliphatic carbocycles. The third kappa shape index (κ3) is 5.70. The summed E-state index contributed by atoms with van der Waals surface area (Å²) in [7, 11) is 6.01. The monoisotopic (exact) mass is 468 g/mol. The third-order valence-corrected chi connectivity index (χ3v) is 5.34. The van der Waals surface area contributed by atoms with E-state index < -0.39 is 11.6 Å². The quantitative estimate of drug-likeness (QED) is 0.488. The predicted molar refractivity (Wildman–Crippen MR) is 124 cm³/mol. The summed E-state index contributed by atoms with van der Waals surface area (Å²) in [6.45, 7) is 0.420. The van der Waals surface area contributed by atoms with Gasteiger partial charge in [-0.2, -0.15) is 0 Å². The average Bonchev–Trinajstić information content (AvgIpc) is 2.83. The molecule has 2 amide bonds. The second-order valence-electron chi connectivity index (χ2n) is 7.84. The van der Waals surface area contributed by atoms with Gasteiger partial charge in [-0.1, -0.05) is 12.1 Å². The number of nitrogens with zero attached hydrogens (tertiary/aromatic N) is 2. The molecule has 0 saturated carbocycles. The van der Waals surface area contributed by atoms with Crippen molar-refractivity contribution in [3.63, 3.8) is 0 Å². The molecule has 3 aromatic carbocycles. The smallest absolute Gasteiger partial charge is 0.253 e. The first-order chi connectivity index (χ1) is 16.2. The molecule has 0 aliphatic rings. The molecule has 0 aromatic heterocycles. The number of hydrogen-bond donors (Lipinski definition) is 0. The summed E-state index contributed by atoms with van der Waals surface area (Å²) in [6.07, 6.45) is 0. The highest BCUT2D eigenvalue weighted by molar-refractivity contribution is 5.97. The molecule has 3 aromatic rings. The normalized spacial score (nSPS) is 10.5. The number of rotatable bonds is 8. The fraction of sp³-hybridized carbons (Fsp3) is 0.231. The Morgan fingerprint density at radius 2 is 1.03 bits per heavy atom. The van der Waals surface area contributed by atoms with Crippen molar-refractivity contribution in [1.82, 2.24) is 9.80 Å². The summed E-state index contributed by atoms with van der Waals surface area (Å²) in [4.78, 5) is 28.4. The first kappa shape index (κ1) is 24.7. The first-order valence-electron chi connectivity index (χ1n) is 10.5. The van der Waals surface area contributed by atoms with Crippen LogP contribution in [0.25, 0.3) is 0 Å². The fourth-order valence-electron chi connectivity index (χ4n) is 3.50. The maximum Gasteiger partial charge on any atom is 0.253 e. The van der Waals surface area contributed by atoms with Crippen molar-refractivity contribution in [3.8, 4) is 11.5 Å². The zero-order valence-electron chi connectivity index (χ0n) is 19.5. The van der Waals surface area contributed by atoms with Crippen molar-refractivity contribution in [2.24, 2.45) is 0 Å². The van der Waals surface area contributed by atoms with Gasteiger partial charge in [0.2, 0.25) is 0 Å². The molecule has 0 saturated heterocycles. The van der Waals surface area contributed by atoms with Gasteiger partial charge in [0, 0.05) is 38.3 Å². The van der Waals surface area contributed by atoms with Gasteiger partial charge in [0.05, 0.1) is 14.2 Å². The van der Waals surface area contributed by atoms with Crippen molar-refractivity contribution >= 4 is 11.8 Å². The van der Waals surface area contributed by atoms with Gasteiger partial charge >= 0.3 is 0 Å². The first-order valence-corrected chi connectivity index (χ1v) is 10.5. The lowest BCUT2D eigenvalue weighted by Crippen LogP contribution is -2.27. The van der Waals surface area contributed by atoms with E-state index in [9.17, 15) is 18.4 Å². The fourth-order valence-corrected chi connectivity index (χ4v) is 3.50. The largest absolute Gasteiger partial charge is 0.494 e. The number of methoxy groups -OCH3 is 2. The molecule has 0 aliphatic heterocycles. The van der Waals surface area contributed by atoms with E-state index in [0.29, 0.717) is 22.3 Å². The van der Waals surface area contributed by atoms with E-state index in [1.54, 1.807) is 50.5 Å². The third-order valence-electron chi connectivity index (χ3n) is 5.34. The molecule has 0 N–H and O–H groups in total. The summed E-state index contributed by atoms with van der Waals surface area (Å²) in [5.41, 5.74) is 2.04. The number of amides is 2. The number of hydrogen-bond acceptors (Lipinski definition) is 4. The lowest BCUT2D eigenvalue weighted by Gasteiger charge is -2.19. The van der Waals surface area contributed by atoms with Gasteiger partial charge in [-0.3, -0.25) is 9.59 Å². The highest BCUT2D eigenvalue weighted by atomic mass is 19.1. The van der Waals surface area contributed by atoms with Crippen LogP contribution in [0.1, 0.15) is 31.8 Å². The van der Waals surface area contributed by atoms with Crippen LogP contribution in [0.4, 0.5) is 8.78 Å². The van der Waals surface area contributed by atoms with Crippen molar-refractivity contribution < 1.29 is 27.8 Å². The average molecular weight is 469 g/mol. The topological polar surface area (TPSA) is 59.1 Å². The van der Waals surface area contributed by atoms with Gasteiger partial charge in [0.25, 0.3) is 11.8 Å². The molecule has 0 atom stereocenters. The second kappa shape index (κ2) is 10.8. The van der Waals surface area contributed by atoms with Crippen LogP contribution >= 0.6 is 0 Å². The molecule has 8 heteroatoms. The molecule has 6 nitrogen and oxygen atoms in total. The molecule has 34 heavy (non-hydrogen) atoms. The molecule has 0 fully saturated rings. The van der Waals surface area contributed by atoms with E-state index in [1.165, 1.54) is 48.3 Å². The maximum atomic E-state index is 13.9. The Morgan fingerprint density at radius 3 is 1.32 bits per heavy atom. The highest BCUT2D eigenvalue weighted by Crippen LogP contribution is 2.20. The Morgan fingerprint density at radius 1 is 0.676 bits per heavy atom.